The zero-order chi connectivity index (χ0) is 26.9. The van der Waals surface area contributed by atoms with Gasteiger partial charge in [0, 0.05) is 35.0 Å². The number of hydrogen-bond donors (Lipinski definition) is 2. The van der Waals surface area contributed by atoms with Crippen LogP contribution in [0.5, 0.6) is 0 Å². The Labute approximate surface area is 224 Å². The lowest BCUT2D eigenvalue weighted by atomic mass is 9.92. The highest BCUT2D eigenvalue weighted by Crippen LogP contribution is 2.34. The van der Waals surface area contributed by atoms with Gasteiger partial charge in [-0.2, -0.15) is 0 Å². The molecule has 2 N–H and O–H groups in total. The van der Waals surface area contributed by atoms with Crippen molar-refractivity contribution < 1.29 is 0 Å². The second-order valence-corrected chi connectivity index (χ2v) is 10.2. The van der Waals surface area contributed by atoms with Crippen molar-refractivity contribution in [2.45, 2.75) is 59.3 Å². The second kappa shape index (κ2) is 13.0. The average molecular weight is 494 g/mol. The third kappa shape index (κ3) is 7.16. The number of nitrogens with one attached hydrogen (secondary N) is 2. The predicted molar refractivity (Wildman–Crippen MR) is 163 cm³/mol. The zero-order valence-corrected chi connectivity index (χ0v) is 23.3. The van der Waals surface area contributed by atoms with E-state index in [4.69, 9.17) is 0 Å². The van der Waals surface area contributed by atoms with E-state index < -0.39 is 0 Å². The fraction of sp³-hybridized carbons (Fsp3) is 0.294. The minimum atomic E-state index is 0.441. The number of hydrogen-bond acceptors (Lipinski definition) is 3. The molecule has 37 heavy (non-hydrogen) atoms. The third-order valence-corrected chi connectivity index (χ3v) is 6.64. The van der Waals surface area contributed by atoms with Crippen molar-refractivity contribution >= 4 is 11.4 Å². The lowest BCUT2D eigenvalue weighted by Gasteiger charge is -2.27. The summed E-state index contributed by atoms with van der Waals surface area (Å²) in [5.74, 6) is 0.882. The highest BCUT2D eigenvalue weighted by atomic mass is 15.1. The molecule has 0 radical (unpaired) electrons. The van der Waals surface area contributed by atoms with Gasteiger partial charge in [0.25, 0.3) is 0 Å². The number of para-hydroxylation sites is 2. The molecule has 0 saturated heterocycles. The summed E-state index contributed by atoms with van der Waals surface area (Å²) >= 11 is 0. The summed E-state index contributed by atoms with van der Waals surface area (Å²) in [6, 6.07) is 16.9. The summed E-state index contributed by atoms with van der Waals surface area (Å²) in [5, 5.41) is 7.49. The van der Waals surface area contributed by atoms with Crippen LogP contribution in [-0.4, -0.2) is 6.54 Å². The van der Waals surface area contributed by atoms with E-state index in [1.54, 1.807) is 6.08 Å². The van der Waals surface area contributed by atoms with Crippen molar-refractivity contribution in [2.75, 3.05) is 16.8 Å². The van der Waals surface area contributed by atoms with E-state index in [0.29, 0.717) is 18.4 Å². The molecule has 0 aromatic heterocycles. The molecule has 0 fully saturated rings. The van der Waals surface area contributed by atoms with Crippen molar-refractivity contribution in [1.29, 1.82) is 0 Å². The molecule has 0 unspecified atom stereocenters. The maximum atomic E-state index is 4.34. The van der Waals surface area contributed by atoms with Gasteiger partial charge in [-0.15, -0.1) is 0 Å². The van der Waals surface area contributed by atoms with Crippen molar-refractivity contribution in [2.24, 2.45) is 0 Å². The largest absolute Gasteiger partial charge is 0.383 e. The van der Waals surface area contributed by atoms with Gasteiger partial charge in [-0.1, -0.05) is 89.9 Å². The Kier molecular flexibility index (Phi) is 9.79. The van der Waals surface area contributed by atoms with Crippen LogP contribution >= 0.6 is 0 Å². The molecule has 3 heteroatoms. The minimum absolute atomic E-state index is 0.441. The highest BCUT2D eigenvalue weighted by molar-refractivity contribution is 5.65. The summed E-state index contributed by atoms with van der Waals surface area (Å²) in [6.07, 6.45) is 10.4. The Morgan fingerprint density at radius 1 is 0.973 bits per heavy atom. The van der Waals surface area contributed by atoms with E-state index >= 15 is 0 Å². The first-order chi connectivity index (χ1) is 17.7. The van der Waals surface area contributed by atoms with E-state index in [1.165, 1.54) is 22.5 Å². The zero-order valence-electron chi connectivity index (χ0n) is 23.3. The monoisotopic (exact) mass is 493 g/mol. The predicted octanol–water partition coefficient (Wildman–Crippen LogP) is 9.16. The second-order valence-electron chi connectivity index (χ2n) is 10.2. The van der Waals surface area contributed by atoms with Crippen LogP contribution in [0.2, 0.25) is 0 Å². The van der Waals surface area contributed by atoms with Gasteiger partial charge in [-0.3, -0.25) is 0 Å². The van der Waals surface area contributed by atoms with Gasteiger partial charge in [0.2, 0.25) is 0 Å². The minimum Gasteiger partial charge on any atom is -0.383 e. The highest BCUT2D eigenvalue weighted by Gasteiger charge is 2.17. The molecule has 3 rings (SSSR count). The number of allylic oxidation sites excluding steroid dienone is 5. The molecular weight excluding hydrogens is 450 g/mol. The molecule has 0 aliphatic heterocycles. The normalized spacial score (nSPS) is 13.6. The molecule has 0 bridgehead atoms. The number of anilines is 2. The Balaban J connectivity index is 1.82. The number of nitrogens with zero attached hydrogens (tertiary/aromatic N) is 1. The number of rotatable bonds is 12. The molecule has 0 saturated carbocycles. The van der Waals surface area contributed by atoms with E-state index in [9.17, 15) is 0 Å². The molecule has 1 aliphatic rings. The molecule has 2 aromatic carbocycles. The van der Waals surface area contributed by atoms with Crippen LogP contribution in [0.15, 0.2) is 121 Å². The van der Waals surface area contributed by atoms with Gasteiger partial charge in [-0.05, 0) is 78.7 Å². The van der Waals surface area contributed by atoms with E-state index in [1.807, 2.05) is 18.2 Å². The first-order valence-electron chi connectivity index (χ1n) is 13.3. The van der Waals surface area contributed by atoms with Gasteiger partial charge < -0.3 is 15.5 Å². The van der Waals surface area contributed by atoms with Crippen LogP contribution in [0.25, 0.3) is 0 Å². The summed E-state index contributed by atoms with van der Waals surface area (Å²) in [7, 11) is 0. The van der Waals surface area contributed by atoms with E-state index in [0.717, 1.165) is 41.2 Å². The quantitative estimate of drug-likeness (QED) is 0.289. The average Bonchev–Trinajstić information content (AvgIpc) is 2.88. The van der Waals surface area contributed by atoms with E-state index in [2.05, 4.69) is 118 Å². The van der Waals surface area contributed by atoms with E-state index in [-0.39, 0.29) is 0 Å². The Hall–Kier alpha value is -3.72. The van der Waals surface area contributed by atoms with Gasteiger partial charge in [-0.25, -0.2) is 0 Å². The van der Waals surface area contributed by atoms with Crippen LogP contribution in [0.4, 0.5) is 11.4 Å². The van der Waals surface area contributed by atoms with Gasteiger partial charge in [0.1, 0.15) is 0 Å². The van der Waals surface area contributed by atoms with Crippen molar-refractivity contribution in [1.82, 2.24) is 5.32 Å². The fourth-order valence-electron chi connectivity index (χ4n) is 4.69. The first kappa shape index (κ1) is 27.9. The van der Waals surface area contributed by atoms with Crippen molar-refractivity contribution in [3.63, 3.8) is 0 Å². The van der Waals surface area contributed by atoms with Gasteiger partial charge >= 0.3 is 0 Å². The maximum Gasteiger partial charge on any atom is 0.0574 e. The molecule has 2 aromatic rings. The Morgan fingerprint density at radius 2 is 1.62 bits per heavy atom. The summed E-state index contributed by atoms with van der Waals surface area (Å²) in [6.45, 7) is 24.2. The van der Waals surface area contributed by atoms with Crippen LogP contribution < -0.4 is 15.5 Å². The van der Waals surface area contributed by atoms with Crippen molar-refractivity contribution in [3.8, 4) is 0 Å². The lowest BCUT2D eigenvalue weighted by Crippen LogP contribution is -2.23. The lowest BCUT2D eigenvalue weighted by molar-refractivity contribution is 0.776. The topological polar surface area (TPSA) is 27.3 Å². The molecule has 0 heterocycles. The smallest absolute Gasteiger partial charge is 0.0574 e. The Bertz CT molecular complexity index is 1180. The van der Waals surface area contributed by atoms with Gasteiger partial charge in [0.15, 0.2) is 0 Å². The standard InChI is InChI=1S/C34H43N3/c1-9-27(7)37(29-16-11-10-12-17-29)28(8)22-26(6)23-35-32-20-13-14-21-33(32)36-34-30(24(2)3)18-15-19-31(34)25(4)5/h9-12,14-19,21-22,24-25,35-36H,1,6-7,13,20,23H2,2-5,8H3/b28-22+. The third-order valence-electron chi connectivity index (χ3n) is 6.64. The molecule has 0 amide bonds. The molecule has 1 aliphatic carbocycles. The molecular formula is C34H43N3. The van der Waals surface area contributed by atoms with Crippen LogP contribution in [0, 0.1) is 0 Å². The molecule has 3 nitrogen and oxygen atoms in total. The summed E-state index contributed by atoms with van der Waals surface area (Å²) in [4.78, 5) is 2.10. The van der Waals surface area contributed by atoms with Crippen molar-refractivity contribution in [3.05, 3.63) is 132 Å². The van der Waals surface area contributed by atoms with Crippen LogP contribution in [0.1, 0.15) is 70.4 Å². The van der Waals surface area contributed by atoms with Gasteiger partial charge in [0.05, 0.1) is 5.70 Å². The van der Waals surface area contributed by atoms with Crippen LogP contribution in [0.3, 0.4) is 0 Å². The SMILES string of the molecule is C=CC(=C)N(/C(C)=C/C(=C)CNC1=C(Nc2c(C(C)C)cccc2C(C)C)C=CCC1)c1ccccc1. The number of benzene rings is 2. The molecule has 0 atom stereocenters. The van der Waals surface area contributed by atoms with Crippen LogP contribution in [-0.2, 0) is 0 Å². The summed E-state index contributed by atoms with van der Waals surface area (Å²) in [5.41, 5.74) is 10.2. The first-order valence-corrected chi connectivity index (χ1v) is 13.3. The Morgan fingerprint density at radius 3 is 2.22 bits per heavy atom. The maximum absolute atomic E-state index is 4.34. The fourth-order valence-corrected chi connectivity index (χ4v) is 4.69. The molecule has 0 spiro atoms. The molecule has 194 valence electrons. The summed E-state index contributed by atoms with van der Waals surface area (Å²) < 4.78 is 0.